The summed E-state index contributed by atoms with van der Waals surface area (Å²) in [5.41, 5.74) is 7.71. The summed E-state index contributed by atoms with van der Waals surface area (Å²) in [6, 6.07) is 12.0. The van der Waals surface area contributed by atoms with E-state index < -0.39 is 0 Å². The molecule has 1 aromatic heterocycles. The van der Waals surface area contributed by atoms with Gasteiger partial charge in [-0.25, -0.2) is 9.37 Å². The van der Waals surface area contributed by atoms with E-state index in [0.29, 0.717) is 0 Å². The molecule has 100 valence electrons. The maximum absolute atomic E-state index is 13.2. The van der Waals surface area contributed by atoms with Crippen molar-refractivity contribution in [3.8, 4) is 10.6 Å². The Kier molecular flexibility index (Phi) is 3.20. The van der Waals surface area contributed by atoms with Crippen molar-refractivity contribution in [2.24, 2.45) is 5.73 Å². The van der Waals surface area contributed by atoms with E-state index in [1.54, 1.807) is 6.07 Å². The van der Waals surface area contributed by atoms with Crippen LogP contribution in [0.2, 0.25) is 0 Å². The van der Waals surface area contributed by atoms with Crippen LogP contribution in [0.15, 0.2) is 42.5 Å². The number of thiazole rings is 1. The van der Waals surface area contributed by atoms with Crippen molar-refractivity contribution < 1.29 is 9.18 Å². The van der Waals surface area contributed by atoms with Crippen LogP contribution in [0, 0.1) is 5.82 Å². The largest absolute Gasteiger partial charge is 0.369 e. The maximum Gasteiger partial charge on any atom is 0.221 e. The zero-order chi connectivity index (χ0) is 14.1. The molecule has 0 atom stereocenters. The van der Waals surface area contributed by atoms with Gasteiger partial charge in [-0.3, -0.25) is 4.79 Å². The molecule has 1 amide bonds. The summed E-state index contributed by atoms with van der Waals surface area (Å²) in [6.45, 7) is 0. The first-order valence-corrected chi connectivity index (χ1v) is 6.88. The number of nitrogens with two attached hydrogens (primary N) is 1. The zero-order valence-corrected chi connectivity index (χ0v) is 11.3. The van der Waals surface area contributed by atoms with Crippen molar-refractivity contribution in [1.82, 2.24) is 4.98 Å². The second-order valence-electron chi connectivity index (χ2n) is 4.43. The molecule has 0 unspecified atom stereocenters. The van der Waals surface area contributed by atoms with Crippen molar-refractivity contribution in [2.75, 3.05) is 0 Å². The number of carbonyl (C=O) groups is 1. The van der Waals surface area contributed by atoms with Crippen LogP contribution in [0.1, 0.15) is 5.56 Å². The molecule has 20 heavy (non-hydrogen) atoms. The number of amides is 1. The minimum atomic E-state index is -0.385. The highest BCUT2D eigenvalue weighted by molar-refractivity contribution is 7.21. The number of hydrogen-bond donors (Lipinski definition) is 1. The molecule has 2 N–H and O–H groups in total. The van der Waals surface area contributed by atoms with Crippen LogP contribution in [-0.4, -0.2) is 10.9 Å². The van der Waals surface area contributed by atoms with Gasteiger partial charge in [-0.15, -0.1) is 11.3 Å². The molecule has 0 saturated carbocycles. The van der Waals surface area contributed by atoms with Crippen LogP contribution in [0.5, 0.6) is 0 Å². The first-order valence-electron chi connectivity index (χ1n) is 6.06. The molecule has 5 heteroatoms. The second kappa shape index (κ2) is 5.02. The van der Waals surface area contributed by atoms with Gasteiger partial charge in [-0.05, 0) is 23.8 Å². The van der Waals surface area contributed by atoms with Crippen LogP contribution in [0.4, 0.5) is 4.39 Å². The Morgan fingerprint density at radius 1 is 1.25 bits per heavy atom. The molecule has 3 aromatic rings. The maximum atomic E-state index is 13.2. The fraction of sp³-hybridized carbons (Fsp3) is 0.0667. The van der Waals surface area contributed by atoms with Gasteiger partial charge in [0.25, 0.3) is 0 Å². The Hall–Kier alpha value is -2.27. The summed E-state index contributed by atoms with van der Waals surface area (Å²) in [5, 5.41) is 0.766. The molecule has 0 radical (unpaired) electrons. The molecular weight excluding hydrogens is 275 g/mol. The quantitative estimate of drug-likeness (QED) is 0.804. The normalized spacial score (nSPS) is 10.8. The highest BCUT2D eigenvalue weighted by atomic mass is 32.1. The van der Waals surface area contributed by atoms with E-state index >= 15 is 0 Å². The van der Waals surface area contributed by atoms with Crippen LogP contribution >= 0.6 is 11.3 Å². The smallest absolute Gasteiger partial charge is 0.221 e. The molecule has 0 bridgehead atoms. The minimum absolute atomic E-state index is 0.167. The fourth-order valence-electron chi connectivity index (χ4n) is 2.08. The van der Waals surface area contributed by atoms with Gasteiger partial charge in [0.2, 0.25) is 5.91 Å². The van der Waals surface area contributed by atoms with Crippen molar-refractivity contribution in [3.05, 3.63) is 53.8 Å². The summed E-state index contributed by atoms with van der Waals surface area (Å²) in [7, 11) is 0. The highest BCUT2D eigenvalue weighted by Crippen LogP contribution is 2.32. The van der Waals surface area contributed by atoms with Crippen LogP contribution in [0.25, 0.3) is 20.8 Å². The lowest BCUT2D eigenvalue weighted by Gasteiger charge is -2.04. The predicted octanol–water partition coefficient (Wildman–Crippen LogP) is 3.13. The van der Waals surface area contributed by atoms with Gasteiger partial charge in [0.1, 0.15) is 10.8 Å². The molecule has 0 fully saturated rings. The third-order valence-electron chi connectivity index (χ3n) is 2.96. The van der Waals surface area contributed by atoms with Crippen molar-refractivity contribution in [1.29, 1.82) is 0 Å². The van der Waals surface area contributed by atoms with Crippen LogP contribution < -0.4 is 5.73 Å². The van der Waals surface area contributed by atoms with Crippen molar-refractivity contribution in [2.45, 2.75) is 6.42 Å². The van der Waals surface area contributed by atoms with Gasteiger partial charge in [0, 0.05) is 5.56 Å². The molecular formula is C15H11FN2OS. The Bertz CT molecular complexity index is 797. The highest BCUT2D eigenvalue weighted by Gasteiger charge is 2.12. The first kappa shape index (κ1) is 12.7. The summed E-state index contributed by atoms with van der Waals surface area (Å²) in [4.78, 5) is 15.6. The van der Waals surface area contributed by atoms with Gasteiger partial charge >= 0.3 is 0 Å². The number of benzene rings is 2. The summed E-state index contributed by atoms with van der Waals surface area (Å²) in [5.74, 6) is -0.664. The average Bonchev–Trinajstić information content (AvgIpc) is 2.81. The standard InChI is InChI=1S/C15H11FN2OS/c16-10-5-6-12-13(8-10)20-15(18-12)11-4-2-1-3-9(11)7-14(17)19/h1-6,8H,7H2,(H2,17,19). The number of nitrogens with zero attached hydrogens (tertiary/aromatic N) is 1. The number of carbonyl (C=O) groups excluding carboxylic acids is 1. The van der Waals surface area contributed by atoms with Gasteiger partial charge in [-0.2, -0.15) is 0 Å². The predicted molar refractivity (Wildman–Crippen MR) is 77.9 cm³/mol. The van der Waals surface area contributed by atoms with E-state index in [1.807, 2.05) is 24.3 Å². The topological polar surface area (TPSA) is 56.0 Å². The summed E-state index contributed by atoms with van der Waals surface area (Å²) < 4.78 is 14.0. The van der Waals surface area contributed by atoms with Gasteiger partial charge in [0.05, 0.1) is 16.6 Å². The number of primary amides is 1. The van der Waals surface area contributed by atoms with E-state index in [2.05, 4.69) is 4.98 Å². The van der Waals surface area contributed by atoms with E-state index in [1.165, 1.54) is 23.5 Å². The molecule has 0 aliphatic heterocycles. The number of aromatic nitrogens is 1. The lowest BCUT2D eigenvalue weighted by atomic mass is 10.0. The Labute approximate surface area is 118 Å². The molecule has 1 heterocycles. The average molecular weight is 286 g/mol. The lowest BCUT2D eigenvalue weighted by Crippen LogP contribution is -2.14. The number of fused-ring (bicyclic) bond motifs is 1. The molecule has 3 rings (SSSR count). The minimum Gasteiger partial charge on any atom is -0.369 e. The molecule has 0 aliphatic carbocycles. The van der Waals surface area contributed by atoms with Crippen molar-refractivity contribution >= 4 is 27.5 Å². The molecule has 0 saturated heterocycles. The molecule has 3 nitrogen and oxygen atoms in total. The van der Waals surface area contributed by atoms with Crippen molar-refractivity contribution in [3.63, 3.8) is 0 Å². The zero-order valence-electron chi connectivity index (χ0n) is 10.5. The lowest BCUT2D eigenvalue weighted by molar-refractivity contribution is -0.117. The second-order valence-corrected chi connectivity index (χ2v) is 5.46. The summed E-state index contributed by atoms with van der Waals surface area (Å²) >= 11 is 1.40. The molecule has 0 aliphatic rings. The Morgan fingerprint density at radius 3 is 2.85 bits per heavy atom. The van der Waals surface area contributed by atoms with Crippen LogP contribution in [-0.2, 0) is 11.2 Å². The Morgan fingerprint density at radius 2 is 2.05 bits per heavy atom. The molecule has 2 aromatic carbocycles. The number of halogens is 1. The SMILES string of the molecule is NC(=O)Cc1ccccc1-c1nc2ccc(F)cc2s1. The van der Waals surface area contributed by atoms with E-state index in [9.17, 15) is 9.18 Å². The van der Waals surface area contributed by atoms with Gasteiger partial charge < -0.3 is 5.73 Å². The molecule has 0 spiro atoms. The van der Waals surface area contributed by atoms with E-state index in [-0.39, 0.29) is 18.1 Å². The third kappa shape index (κ3) is 2.40. The van der Waals surface area contributed by atoms with E-state index in [4.69, 9.17) is 5.73 Å². The summed E-state index contributed by atoms with van der Waals surface area (Å²) in [6.07, 6.45) is 0.167. The Balaban J connectivity index is 2.13. The number of hydrogen-bond acceptors (Lipinski definition) is 3. The van der Waals surface area contributed by atoms with Crippen LogP contribution in [0.3, 0.4) is 0 Å². The van der Waals surface area contributed by atoms with Gasteiger partial charge in [-0.1, -0.05) is 24.3 Å². The van der Waals surface area contributed by atoms with E-state index in [0.717, 1.165) is 26.4 Å². The fourth-order valence-corrected chi connectivity index (χ4v) is 3.14. The third-order valence-corrected chi connectivity index (χ3v) is 4.01. The monoisotopic (exact) mass is 286 g/mol. The number of rotatable bonds is 3. The first-order chi connectivity index (χ1) is 9.63. The van der Waals surface area contributed by atoms with Gasteiger partial charge in [0.15, 0.2) is 0 Å².